The Hall–Kier alpha value is -2.50. The second-order valence-electron chi connectivity index (χ2n) is 4.02. The lowest BCUT2D eigenvalue weighted by Gasteiger charge is -2.08. The van der Waals surface area contributed by atoms with Gasteiger partial charge < -0.3 is 10.6 Å². The van der Waals surface area contributed by atoms with Crippen molar-refractivity contribution in [1.29, 1.82) is 0 Å². The molecule has 0 unspecified atom stereocenters. The molecular weight excluding hydrogens is 264 g/mol. The molecule has 2 rings (SSSR count). The Morgan fingerprint density at radius 3 is 2.85 bits per heavy atom. The number of nitrogens with zero attached hydrogens (tertiary/aromatic N) is 1. The minimum absolute atomic E-state index is 0.118. The van der Waals surface area contributed by atoms with Crippen LogP contribution in [-0.4, -0.2) is 17.4 Å². The van der Waals surface area contributed by atoms with E-state index in [0.29, 0.717) is 6.54 Å². The number of nitrogens with one attached hydrogen (secondary N) is 2. The summed E-state index contributed by atoms with van der Waals surface area (Å²) in [5.74, 6) is -2.71. The van der Waals surface area contributed by atoms with Gasteiger partial charge in [0.15, 0.2) is 11.6 Å². The standard InChI is InChI=1S/C14H13F2N3O/c1-2-17-9-6-7-18-12(8-9)14(20)19-11-5-3-4-10(15)13(11)16/h3-8H,2H2,1H3,(H,17,18)(H,19,20). The van der Waals surface area contributed by atoms with E-state index >= 15 is 0 Å². The van der Waals surface area contributed by atoms with Crippen molar-refractivity contribution in [3.63, 3.8) is 0 Å². The smallest absolute Gasteiger partial charge is 0.274 e. The molecule has 4 nitrogen and oxygen atoms in total. The van der Waals surface area contributed by atoms with Gasteiger partial charge in [0.25, 0.3) is 5.91 Å². The molecule has 0 bridgehead atoms. The third-order valence-corrected chi connectivity index (χ3v) is 2.57. The zero-order valence-corrected chi connectivity index (χ0v) is 10.8. The van der Waals surface area contributed by atoms with Crippen molar-refractivity contribution in [2.24, 2.45) is 0 Å². The summed E-state index contributed by atoms with van der Waals surface area (Å²) in [7, 11) is 0. The van der Waals surface area contributed by atoms with Gasteiger partial charge in [-0.15, -0.1) is 0 Å². The highest BCUT2D eigenvalue weighted by atomic mass is 19.2. The predicted molar refractivity (Wildman–Crippen MR) is 72.7 cm³/mol. The predicted octanol–water partition coefficient (Wildman–Crippen LogP) is 3.04. The molecule has 0 saturated carbocycles. The first-order valence-corrected chi connectivity index (χ1v) is 6.07. The highest BCUT2D eigenvalue weighted by molar-refractivity contribution is 6.03. The second kappa shape index (κ2) is 6.10. The van der Waals surface area contributed by atoms with Crippen LogP contribution in [0.1, 0.15) is 17.4 Å². The number of carbonyl (C=O) groups is 1. The molecule has 0 aliphatic heterocycles. The van der Waals surface area contributed by atoms with Gasteiger partial charge in [-0.2, -0.15) is 0 Å². The summed E-state index contributed by atoms with van der Waals surface area (Å²) in [4.78, 5) is 15.8. The maximum Gasteiger partial charge on any atom is 0.274 e. The SMILES string of the molecule is CCNc1ccnc(C(=O)Nc2cccc(F)c2F)c1. The average Bonchev–Trinajstić information content (AvgIpc) is 2.44. The summed E-state index contributed by atoms with van der Waals surface area (Å²) in [6, 6.07) is 6.83. The van der Waals surface area contributed by atoms with Crippen LogP contribution in [0.25, 0.3) is 0 Å². The van der Waals surface area contributed by atoms with Crippen LogP contribution in [0.2, 0.25) is 0 Å². The van der Waals surface area contributed by atoms with Crippen LogP contribution in [0.4, 0.5) is 20.2 Å². The summed E-state index contributed by atoms with van der Waals surface area (Å²) in [5.41, 5.74) is 0.630. The van der Waals surface area contributed by atoms with E-state index in [9.17, 15) is 13.6 Å². The van der Waals surface area contributed by atoms with Crippen LogP contribution in [0.5, 0.6) is 0 Å². The van der Waals surface area contributed by atoms with Gasteiger partial charge in [0.1, 0.15) is 5.69 Å². The van der Waals surface area contributed by atoms with Crippen LogP contribution < -0.4 is 10.6 Å². The molecule has 0 radical (unpaired) electrons. The first kappa shape index (κ1) is 13.9. The average molecular weight is 277 g/mol. The fourth-order valence-electron chi connectivity index (χ4n) is 1.66. The quantitative estimate of drug-likeness (QED) is 0.903. The topological polar surface area (TPSA) is 54.0 Å². The van der Waals surface area contributed by atoms with E-state index in [2.05, 4.69) is 15.6 Å². The number of pyridine rings is 1. The minimum atomic E-state index is -1.09. The highest BCUT2D eigenvalue weighted by Gasteiger charge is 2.13. The van der Waals surface area contributed by atoms with E-state index in [-0.39, 0.29) is 11.4 Å². The number of hydrogen-bond acceptors (Lipinski definition) is 3. The Morgan fingerprint density at radius 1 is 1.30 bits per heavy atom. The molecule has 0 spiro atoms. The zero-order chi connectivity index (χ0) is 14.5. The number of aromatic nitrogens is 1. The van der Waals surface area contributed by atoms with Gasteiger partial charge >= 0.3 is 0 Å². The van der Waals surface area contributed by atoms with E-state index in [1.54, 1.807) is 6.07 Å². The van der Waals surface area contributed by atoms with Gasteiger partial charge in [0.2, 0.25) is 0 Å². The summed E-state index contributed by atoms with van der Waals surface area (Å²) in [5, 5.41) is 5.33. The van der Waals surface area contributed by atoms with E-state index < -0.39 is 17.5 Å². The molecule has 2 N–H and O–H groups in total. The van der Waals surface area contributed by atoms with E-state index in [0.717, 1.165) is 11.8 Å². The van der Waals surface area contributed by atoms with Crippen LogP contribution in [0.15, 0.2) is 36.5 Å². The molecular formula is C14H13F2N3O. The van der Waals surface area contributed by atoms with Crippen LogP contribution >= 0.6 is 0 Å². The van der Waals surface area contributed by atoms with Crippen LogP contribution in [-0.2, 0) is 0 Å². The van der Waals surface area contributed by atoms with E-state index in [1.807, 2.05) is 6.92 Å². The molecule has 1 aromatic heterocycles. The lowest BCUT2D eigenvalue weighted by atomic mass is 10.2. The molecule has 1 amide bonds. The minimum Gasteiger partial charge on any atom is -0.385 e. The maximum atomic E-state index is 13.5. The normalized spacial score (nSPS) is 10.2. The number of halogens is 2. The van der Waals surface area contributed by atoms with Crippen LogP contribution in [0, 0.1) is 11.6 Å². The molecule has 104 valence electrons. The van der Waals surface area contributed by atoms with E-state index in [4.69, 9.17) is 0 Å². The molecule has 2 aromatic rings. The molecule has 0 atom stereocenters. The molecule has 1 heterocycles. The van der Waals surface area contributed by atoms with Crippen molar-refractivity contribution < 1.29 is 13.6 Å². The second-order valence-corrected chi connectivity index (χ2v) is 4.02. The highest BCUT2D eigenvalue weighted by Crippen LogP contribution is 2.17. The van der Waals surface area contributed by atoms with Crippen molar-refractivity contribution in [3.8, 4) is 0 Å². The summed E-state index contributed by atoms with van der Waals surface area (Å²) < 4.78 is 26.5. The van der Waals surface area contributed by atoms with Gasteiger partial charge in [-0.25, -0.2) is 8.78 Å². The third kappa shape index (κ3) is 3.09. The Balaban J connectivity index is 2.19. The fourth-order valence-corrected chi connectivity index (χ4v) is 1.66. The number of amides is 1. The van der Waals surface area contributed by atoms with Gasteiger partial charge in [-0.05, 0) is 31.2 Å². The monoisotopic (exact) mass is 277 g/mol. The van der Waals surface area contributed by atoms with Gasteiger partial charge in [0.05, 0.1) is 5.69 Å². The zero-order valence-electron chi connectivity index (χ0n) is 10.8. The Labute approximate surface area is 114 Å². The third-order valence-electron chi connectivity index (χ3n) is 2.57. The molecule has 0 aliphatic carbocycles. The summed E-state index contributed by atoms with van der Waals surface area (Å²) in [6.07, 6.45) is 1.47. The molecule has 0 saturated heterocycles. The first-order valence-electron chi connectivity index (χ1n) is 6.07. The maximum absolute atomic E-state index is 13.5. The summed E-state index contributed by atoms with van der Waals surface area (Å²) >= 11 is 0. The summed E-state index contributed by atoms with van der Waals surface area (Å²) in [6.45, 7) is 2.62. The van der Waals surface area contributed by atoms with Gasteiger partial charge in [-0.1, -0.05) is 6.07 Å². The lowest BCUT2D eigenvalue weighted by molar-refractivity contribution is 0.102. The molecule has 0 fully saturated rings. The van der Waals surface area contributed by atoms with Crippen molar-refractivity contribution in [2.45, 2.75) is 6.92 Å². The van der Waals surface area contributed by atoms with Crippen molar-refractivity contribution in [1.82, 2.24) is 4.98 Å². The van der Waals surface area contributed by atoms with Crippen molar-refractivity contribution in [3.05, 3.63) is 53.9 Å². The number of carbonyl (C=O) groups excluding carboxylic acids is 1. The Morgan fingerprint density at radius 2 is 2.10 bits per heavy atom. The molecule has 0 aliphatic rings. The molecule has 6 heteroatoms. The molecule has 1 aromatic carbocycles. The lowest BCUT2D eigenvalue weighted by Crippen LogP contribution is -2.15. The Kier molecular flexibility index (Phi) is 4.24. The first-order chi connectivity index (χ1) is 9.61. The number of rotatable bonds is 4. The van der Waals surface area contributed by atoms with Crippen molar-refractivity contribution in [2.75, 3.05) is 17.2 Å². The molecule has 20 heavy (non-hydrogen) atoms. The van der Waals surface area contributed by atoms with E-state index in [1.165, 1.54) is 24.4 Å². The number of benzene rings is 1. The number of anilines is 2. The Bertz CT molecular complexity index is 632. The van der Waals surface area contributed by atoms with Crippen molar-refractivity contribution >= 4 is 17.3 Å². The van der Waals surface area contributed by atoms with Gasteiger partial charge in [-0.3, -0.25) is 9.78 Å². The van der Waals surface area contributed by atoms with Crippen LogP contribution in [0.3, 0.4) is 0 Å². The fraction of sp³-hybridized carbons (Fsp3) is 0.143. The van der Waals surface area contributed by atoms with Gasteiger partial charge in [0, 0.05) is 18.4 Å². The largest absolute Gasteiger partial charge is 0.385 e. The number of hydrogen-bond donors (Lipinski definition) is 2.